The largest absolute Gasteiger partial charge is 0.508 e. The molecule has 1 saturated carbocycles. The summed E-state index contributed by atoms with van der Waals surface area (Å²) in [6.07, 6.45) is 6.97. The molecule has 31 heavy (non-hydrogen) atoms. The normalized spacial score (nSPS) is 19.5. The predicted octanol–water partition coefficient (Wildman–Crippen LogP) is 3.70. The van der Waals surface area contributed by atoms with Crippen molar-refractivity contribution in [2.24, 2.45) is 11.8 Å². The van der Waals surface area contributed by atoms with E-state index in [0.717, 1.165) is 38.5 Å². The summed E-state index contributed by atoms with van der Waals surface area (Å²) in [7, 11) is 0. The number of hydrogen-bond donors (Lipinski definition) is 4. The van der Waals surface area contributed by atoms with E-state index in [4.69, 9.17) is 0 Å². The van der Waals surface area contributed by atoms with E-state index in [1.165, 1.54) is 12.5 Å². The second-order valence-electron chi connectivity index (χ2n) is 9.44. The number of rotatable bonds is 7. The van der Waals surface area contributed by atoms with Crippen LogP contribution in [0, 0.1) is 11.8 Å². The molecule has 2 aliphatic rings. The van der Waals surface area contributed by atoms with Crippen LogP contribution in [0.2, 0.25) is 0 Å². The molecule has 1 heterocycles. The molecule has 2 fully saturated rings. The molecule has 7 heteroatoms. The number of likely N-dealkylation sites (tertiary alicyclic amines) is 1. The Morgan fingerprint density at radius 1 is 1.03 bits per heavy atom. The van der Waals surface area contributed by atoms with E-state index in [9.17, 15) is 24.9 Å². The summed E-state index contributed by atoms with van der Waals surface area (Å²) >= 11 is 0. The Balaban J connectivity index is 1.55. The summed E-state index contributed by atoms with van der Waals surface area (Å²) < 4.78 is 0. The summed E-state index contributed by atoms with van der Waals surface area (Å²) in [5.41, 5.74) is 0.865. The molecule has 0 aromatic heterocycles. The van der Waals surface area contributed by atoms with Gasteiger partial charge in [0.05, 0.1) is 5.56 Å². The Hall–Kier alpha value is -2.28. The van der Waals surface area contributed by atoms with Gasteiger partial charge in [-0.05, 0) is 61.6 Å². The zero-order valence-corrected chi connectivity index (χ0v) is 18.6. The first-order chi connectivity index (χ1) is 14.8. The number of benzene rings is 1. The van der Waals surface area contributed by atoms with Gasteiger partial charge in [-0.1, -0.05) is 33.1 Å². The number of phenols is 2. The summed E-state index contributed by atoms with van der Waals surface area (Å²) in [5.74, 6) is -0.614. The number of carboxylic acid groups (broad SMARTS) is 1. The molecule has 1 atom stereocenters. The quantitative estimate of drug-likeness (QED) is 0.523. The van der Waals surface area contributed by atoms with Gasteiger partial charge in [-0.25, -0.2) is 0 Å². The molecule has 0 radical (unpaired) electrons. The van der Waals surface area contributed by atoms with Crippen LogP contribution in [0.5, 0.6) is 11.5 Å². The molecule has 1 aliphatic carbocycles. The first-order valence-corrected chi connectivity index (χ1v) is 11.6. The Bertz CT molecular complexity index is 780. The third-order valence-corrected chi connectivity index (χ3v) is 6.91. The Morgan fingerprint density at radius 3 is 2.26 bits per heavy atom. The summed E-state index contributed by atoms with van der Waals surface area (Å²) in [4.78, 5) is 26.4. The molecule has 1 aliphatic heterocycles. The lowest BCUT2D eigenvalue weighted by atomic mass is 9.83. The lowest BCUT2D eigenvalue weighted by Crippen LogP contribution is -2.47. The topological polar surface area (TPSA) is 110 Å². The van der Waals surface area contributed by atoms with Gasteiger partial charge in [-0.3, -0.25) is 9.59 Å². The number of nitrogens with one attached hydrogen (secondary N) is 1. The maximum absolute atomic E-state index is 13.0. The van der Waals surface area contributed by atoms with Crippen LogP contribution >= 0.6 is 0 Å². The highest BCUT2D eigenvalue weighted by molar-refractivity contribution is 5.97. The number of phenolic OH excluding ortho intramolecular Hbond substituents is 2. The minimum atomic E-state index is -0.761. The standard InChI is InChI=1S/C24H36N2O5/c1-15(2)18-12-19(21(28)13-20(18)27)23(29)26-10-8-16(9-11-26)14-25-22(24(30)31)17-6-4-3-5-7-17/h12-13,15-17,22,25,27-28H,3-11,14H2,1-2H3,(H,30,31)/t22-/m0/s1. The van der Waals surface area contributed by atoms with Gasteiger partial charge in [-0.2, -0.15) is 0 Å². The maximum Gasteiger partial charge on any atom is 0.320 e. The fraction of sp³-hybridized carbons (Fsp3) is 0.667. The van der Waals surface area contributed by atoms with Crippen molar-refractivity contribution in [3.63, 3.8) is 0 Å². The van der Waals surface area contributed by atoms with Crippen molar-refractivity contribution in [1.82, 2.24) is 10.2 Å². The molecule has 0 spiro atoms. The van der Waals surface area contributed by atoms with Gasteiger partial charge in [0.1, 0.15) is 17.5 Å². The molecular formula is C24H36N2O5. The number of aliphatic carboxylic acids is 1. The number of aromatic hydroxyl groups is 2. The zero-order chi connectivity index (χ0) is 22.5. The van der Waals surface area contributed by atoms with Gasteiger partial charge in [0.25, 0.3) is 5.91 Å². The summed E-state index contributed by atoms with van der Waals surface area (Å²) in [6.45, 7) is 5.65. The fourth-order valence-corrected chi connectivity index (χ4v) is 4.95. The molecule has 0 unspecified atom stereocenters. The van der Waals surface area contributed by atoms with Crippen molar-refractivity contribution >= 4 is 11.9 Å². The number of carbonyl (C=O) groups excluding carboxylic acids is 1. The van der Waals surface area contributed by atoms with E-state index in [-0.39, 0.29) is 34.8 Å². The van der Waals surface area contributed by atoms with Gasteiger partial charge in [0.15, 0.2) is 0 Å². The van der Waals surface area contributed by atoms with Gasteiger partial charge < -0.3 is 25.5 Å². The molecular weight excluding hydrogens is 396 g/mol. The molecule has 1 aromatic carbocycles. The van der Waals surface area contributed by atoms with Crippen LogP contribution in [0.1, 0.15) is 80.6 Å². The number of nitrogens with zero attached hydrogens (tertiary/aromatic N) is 1. The zero-order valence-electron chi connectivity index (χ0n) is 18.6. The molecule has 1 saturated heterocycles. The smallest absolute Gasteiger partial charge is 0.320 e. The van der Waals surface area contributed by atoms with Crippen LogP contribution in [-0.4, -0.2) is 57.8 Å². The second kappa shape index (κ2) is 10.4. The van der Waals surface area contributed by atoms with Crippen molar-refractivity contribution in [1.29, 1.82) is 0 Å². The molecule has 4 N–H and O–H groups in total. The number of piperidine rings is 1. The van der Waals surface area contributed by atoms with Gasteiger partial charge in [-0.15, -0.1) is 0 Å². The van der Waals surface area contributed by atoms with Crippen LogP contribution in [0.25, 0.3) is 0 Å². The van der Waals surface area contributed by atoms with Gasteiger partial charge in [0.2, 0.25) is 0 Å². The highest BCUT2D eigenvalue weighted by Gasteiger charge is 2.31. The molecule has 1 aromatic rings. The van der Waals surface area contributed by atoms with Crippen LogP contribution in [0.3, 0.4) is 0 Å². The molecule has 0 bridgehead atoms. The number of amides is 1. The monoisotopic (exact) mass is 432 g/mol. The van der Waals surface area contributed by atoms with Crippen molar-refractivity contribution in [3.8, 4) is 11.5 Å². The van der Waals surface area contributed by atoms with Crippen molar-refractivity contribution in [2.45, 2.75) is 70.8 Å². The van der Waals surface area contributed by atoms with E-state index in [1.807, 2.05) is 13.8 Å². The van der Waals surface area contributed by atoms with Gasteiger partial charge >= 0.3 is 5.97 Å². The summed E-state index contributed by atoms with van der Waals surface area (Å²) in [5, 5.41) is 33.2. The molecule has 172 valence electrons. The number of hydrogen-bond acceptors (Lipinski definition) is 5. The van der Waals surface area contributed by atoms with Gasteiger partial charge in [0, 0.05) is 19.2 Å². The summed E-state index contributed by atoms with van der Waals surface area (Å²) in [6, 6.07) is 2.35. The lowest BCUT2D eigenvalue weighted by molar-refractivity contribution is -0.141. The Morgan fingerprint density at radius 2 is 1.68 bits per heavy atom. The minimum Gasteiger partial charge on any atom is -0.508 e. The average molecular weight is 433 g/mol. The van der Waals surface area contributed by atoms with Crippen LogP contribution in [-0.2, 0) is 4.79 Å². The number of carboxylic acids is 1. The third kappa shape index (κ3) is 5.70. The molecule has 3 rings (SSSR count). The Labute approximate surface area is 184 Å². The minimum absolute atomic E-state index is 0.000201. The second-order valence-corrected chi connectivity index (χ2v) is 9.44. The highest BCUT2D eigenvalue weighted by Crippen LogP contribution is 2.33. The molecule has 1 amide bonds. The van der Waals surface area contributed by atoms with Crippen molar-refractivity contribution in [3.05, 3.63) is 23.3 Å². The van der Waals surface area contributed by atoms with Crippen molar-refractivity contribution in [2.75, 3.05) is 19.6 Å². The van der Waals surface area contributed by atoms with Crippen LogP contribution < -0.4 is 5.32 Å². The maximum atomic E-state index is 13.0. The number of carbonyl (C=O) groups is 2. The molecule has 7 nitrogen and oxygen atoms in total. The SMILES string of the molecule is CC(C)c1cc(C(=O)N2CCC(CN[C@H](C(=O)O)C3CCCCC3)CC2)c(O)cc1O. The van der Waals surface area contributed by atoms with E-state index in [2.05, 4.69) is 5.32 Å². The van der Waals surface area contributed by atoms with E-state index >= 15 is 0 Å². The van der Waals surface area contributed by atoms with Crippen LogP contribution in [0.4, 0.5) is 0 Å². The van der Waals surface area contributed by atoms with E-state index < -0.39 is 12.0 Å². The first-order valence-electron chi connectivity index (χ1n) is 11.6. The third-order valence-electron chi connectivity index (χ3n) is 6.91. The lowest BCUT2D eigenvalue weighted by Gasteiger charge is -2.34. The Kier molecular flexibility index (Phi) is 7.81. The fourth-order valence-electron chi connectivity index (χ4n) is 4.95. The average Bonchev–Trinajstić information content (AvgIpc) is 2.74. The predicted molar refractivity (Wildman–Crippen MR) is 118 cm³/mol. The van der Waals surface area contributed by atoms with Crippen LogP contribution in [0.15, 0.2) is 12.1 Å². The van der Waals surface area contributed by atoms with E-state index in [1.54, 1.807) is 11.0 Å². The van der Waals surface area contributed by atoms with Crippen molar-refractivity contribution < 1.29 is 24.9 Å². The van der Waals surface area contributed by atoms with E-state index in [0.29, 0.717) is 31.1 Å². The highest BCUT2D eigenvalue weighted by atomic mass is 16.4. The first kappa shape index (κ1) is 23.4.